The molecule has 2 aliphatic carbocycles. The van der Waals surface area contributed by atoms with Crippen LogP contribution in [0, 0.1) is 0 Å². The largest absolute Gasteiger partial charge is 0.346 e. The highest BCUT2D eigenvalue weighted by atomic mass is 19.1. The smallest absolute Gasteiger partial charge is 0.319 e. The lowest BCUT2D eigenvalue weighted by Crippen LogP contribution is -2.41. The fourth-order valence-corrected chi connectivity index (χ4v) is 4.17. The first-order valence-corrected chi connectivity index (χ1v) is 11.1. The number of urea groups is 1. The maximum absolute atomic E-state index is 13.9. The molecular formula is C25H25FN6O. The molecule has 3 aromatic heterocycles. The predicted molar refractivity (Wildman–Crippen MR) is 127 cm³/mol. The number of aromatic amines is 1. The number of rotatable bonds is 5. The summed E-state index contributed by atoms with van der Waals surface area (Å²) >= 11 is 0. The SMILES string of the molecule is CCn1cc(-c2ccnc3[nH]ccc23)c(C2=CCC(NC(=O)NC3=C(F)CCC=C3)C=C2)n1. The lowest BCUT2D eigenvalue weighted by Gasteiger charge is -2.19. The number of nitrogens with one attached hydrogen (secondary N) is 3. The van der Waals surface area contributed by atoms with Crippen LogP contribution in [0.1, 0.15) is 31.9 Å². The number of allylic oxidation sites excluding steroid dienone is 5. The Morgan fingerprint density at radius 2 is 2.21 bits per heavy atom. The van der Waals surface area contributed by atoms with Gasteiger partial charge in [-0.2, -0.15) is 5.10 Å². The van der Waals surface area contributed by atoms with E-state index in [1.165, 1.54) is 0 Å². The van der Waals surface area contributed by atoms with Crippen LogP contribution in [0.15, 0.2) is 72.6 Å². The summed E-state index contributed by atoms with van der Waals surface area (Å²) in [5.41, 5.74) is 5.07. The summed E-state index contributed by atoms with van der Waals surface area (Å²) in [6.45, 7) is 2.82. The second-order valence-corrected chi connectivity index (χ2v) is 8.06. The Morgan fingerprint density at radius 1 is 1.30 bits per heavy atom. The van der Waals surface area contributed by atoms with Crippen LogP contribution in [-0.2, 0) is 6.54 Å². The maximum Gasteiger partial charge on any atom is 0.319 e. The van der Waals surface area contributed by atoms with Crippen molar-refractivity contribution in [1.82, 2.24) is 30.4 Å². The van der Waals surface area contributed by atoms with Gasteiger partial charge >= 0.3 is 6.03 Å². The Morgan fingerprint density at radius 3 is 3.00 bits per heavy atom. The first kappa shape index (κ1) is 20.9. The van der Waals surface area contributed by atoms with Gasteiger partial charge < -0.3 is 15.6 Å². The number of hydrogen-bond acceptors (Lipinski definition) is 3. The Hall–Kier alpha value is -3.94. The molecule has 2 aliphatic rings. The number of amides is 2. The standard InChI is InChI=1S/C25H25FN6O/c1-2-32-15-20(18-11-13-27-24-19(18)12-14-28-24)23(31-32)16-7-9-17(10-8-16)29-25(33)30-22-6-4-3-5-21(22)26/h4,6-9,11-15,17H,2-3,5,10H2,1H3,(H,27,28)(H2,29,30,33). The molecule has 0 aliphatic heterocycles. The van der Waals surface area contributed by atoms with E-state index in [0.29, 0.717) is 19.3 Å². The van der Waals surface area contributed by atoms with Crippen LogP contribution in [0.4, 0.5) is 9.18 Å². The average Bonchev–Trinajstić information content (AvgIpc) is 3.48. The predicted octanol–water partition coefficient (Wildman–Crippen LogP) is 4.99. The van der Waals surface area contributed by atoms with Crippen LogP contribution < -0.4 is 10.6 Å². The zero-order valence-electron chi connectivity index (χ0n) is 18.3. The van der Waals surface area contributed by atoms with Crippen molar-refractivity contribution in [3.63, 3.8) is 0 Å². The van der Waals surface area contributed by atoms with Crippen molar-refractivity contribution < 1.29 is 9.18 Å². The number of hydrogen-bond donors (Lipinski definition) is 3. The van der Waals surface area contributed by atoms with Crippen LogP contribution in [0.3, 0.4) is 0 Å². The summed E-state index contributed by atoms with van der Waals surface area (Å²) in [4.78, 5) is 19.9. The molecule has 1 unspecified atom stereocenters. The Kier molecular flexibility index (Phi) is 5.64. The highest BCUT2D eigenvalue weighted by Gasteiger charge is 2.20. The lowest BCUT2D eigenvalue weighted by atomic mass is 9.95. The molecule has 3 heterocycles. The van der Waals surface area contributed by atoms with Gasteiger partial charge in [0.15, 0.2) is 0 Å². The molecule has 0 saturated heterocycles. The number of halogens is 1. The third-order valence-corrected chi connectivity index (χ3v) is 5.88. The molecule has 7 nitrogen and oxygen atoms in total. The van der Waals surface area contributed by atoms with Crippen molar-refractivity contribution in [2.75, 3.05) is 0 Å². The van der Waals surface area contributed by atoms with Crippen molar-refractivity contribution in [1.29, 1.82) is 0 Å². The molecule has 0 aromatic carbocycles. The minimum atomic E-state index is -0.416. The molecule has 0 saturated carbocycles. The van der Waals surface area contributed by atoms with Gasteiger partial charge in [-0.25, -0.2) is 14.2 Å². The quantitative estimate of drug-likeness (QED) is 0.518. The van der Waals surface area contributed by atoms with Gasteiger partial charge in [-0.15, -0.1) is 0 Å². The van der Waals surface area contributed by atoms with Crippen molar-refractivity contribution in [2.45, 2.75) is 38.8 Å². The van der Waals surface area contributed by atoms with Crippen molar-refractivity contribution in [3.8, 4) is 11.1 Å². The van der Waals surface area contributed by atoms with E-state index in [2.05, 4.69) is 39.8 Å². The minimum Gasteiger partial charge on any atom is -0.346 e. The first-order chi connectivity index (χ1) is 16.1. The fourth-order valence-electron chi connectivity index (χ4n) is 4.17. The van der Waals surface area contributed by atoms with Gasteiger partial charge in [0.1, 0.15) is 11.5 Å². The van der Waals surface area contributed by atoms with Crippen LogP contribution in [0.5, 0.6) is 0 Å². The van der Waals surface area contributed by atoms with Gasteiger partial charge in [0.25, 0.3) is 0 Å². The molecule has 3 aromatic rings. The number of nitrogens with zero attached hydrogens (tertiary/aromatic N) is 3. The number of H-pyrrole nitrogens is 1. The summed E-state index contributed by atoms with van der Waals surface area (Å²) in [6.07, 6.45) is 16.8. The van der Waals surface area contributed by atoms with Gasteiger partial charge in [-0.05, 0) is 49.1 Å². The van der Waals surface area contributed by atoms with Gasteiger partial charge in [0.05, 0.1) is 17.4 Å². The third-order valence-electron chi connectivity index (χ3n) is 5.88. The molecule has 8 heteroatoms. The number of carbonyl (C=O) groups excluding carboxylic acids is 1. The Balaban J connectivity index is 1.34. The summed E-state index contributed by atoms with van der Waals surface area (Å²) in [7, 11) is 0. The van der Waals surface area contributed by atoms with E-state index < -0.39 is 6.03 Å². The highest BCUT2D eigenvalue weighted by Crippen LogP contribution is 2.34. The number of carbonyl (C=O) groups is 1. The zero-order chi connectivity index (χ0) is 22.8. The number of aromatic nitrogens is 4. The van der Waals surface area contributed by atoms with Crippen LogP contribution in [-0.4, -0.2) is 31.8 Å². The second-order valence-electron chi connectivity index (χ2n) is 8.06. The highest BCUT2D eigenvalue weighted by molar-refractivity contribution is 5.96. The topological polar surface area (TPSA) is 87.6 Å². The molecular weight excluding hydrogens is 419 g/mol. The minimum absolute atomic E-state index is 0.181. The van der Waals surface area contributed by atoms with Gasteiger partial charge in [0.2, 0.25) is 0 Å². The van der Waals surface area contributed by atoms with Crippen LogP contribution >= 0.6 is 0 Å². The van der Waals surface area contributed by atoms with E-state index in [1.807, 2.05) is 41.2 Å². The molecule has 0 radical (unpaired) electrons. The second kappa shape index (κ2) is 8.90. The lowest BCUT2D eigenvalue weighted by molar-refractivity contribution is 0.241. The monoisotopic (exact) mass is 444 g/mol. The molecule has 0 fully saturated rings. The van der Waals surface area contributed by atoms with Gasteiger partial charge in [-0.3, -0.25) is 4.68 Å². The first-order valence-electron chi connectivity index (χ1n) is 11.1. The summed E-state index contributed by atoms with van der Waals surface area (Å²) in [5, 5.41) is 11.3. The molecule has 0 spiro atoms. The van der Waals surface area contributed by atoms with Crippen molar-refractivity contribution >= 4 is 22.6 Å². The number of aryl methyl sites for hydroxylation is 1. The van der Waals surface area contributed by atoms with E-state index in [4.69, 9.17) is 5.10 Å². The van der Waals surface area contributed by atoms with E-state index in [1.54, 1.807) is 12.3 Å². The molecule has 33 heavy (non-hydrogen) atoms. The van der Waals surface area contributed by atoms with E-state index >= 15 is 0 Å². The average molecular weight is 445 g/mol. The summed E-state index contributed by atoms with van der Waals surface area (Å²) in [6, 6.07) is 3.43. The van der Waals surface area contributed by atoms with Crippen molar-refractivity contribution in [3.05, 3.63) is 78.3 Å². The molecule has 3 N–H and O–H groups in total. The zero-order valence-corrected chi connectivity index (χ0v) is 18.3. The Bertz CT molecular complexity index is 1330. The Labute approximate surface area is 190 Å². The molecule has 2 amide bonds. The number of fused-ring (bicyclic) bond motifs is 1. The number of pyridine rings is 1. The molecule has 5 rings (SSSR count). The summed E-state index contributed by atoms with van der Waals surface area (Å²) < 4.78 is 15.8. The van der Waals surface area contributed by atoms with Gasteiger partial charge in [0, 0.05) is 42.5 Å². The van der Waals surface area contributed by atoms with Crippen molar-refractivity contribution in [2.24, 2.45) is 0 Å². The van der Waals surface area contributed by atoms with Crippen LogP contribution in [0.2, 0.25) is 0 Å². The molecule has 0 bridgehead atoms. The third kappa shape index (κ3) is 4.24. The van der Waals surface area contributed by atoms with E-state index in [-0.39, 0.29) is 17.6 Å². The normalized spacial score (nSPS) is 18.0. The summed E-state index contributed by atoms with van der Waals surface area (Å²) in [5.74, 6) is -0.291. The van der Waals surface area contributed by atoms with Gasteiger partial charge in [-0.1, -0.05) is 24.3 Å². The maximum atomic E-state index is 13.9. The van der Waals surface area contributed by atoms with Crippen LogP contribution in [0.25, 0.3) is 27.7 Å². The fraction of sp³-hybridized carbons (Fsp3) is 0.240. The van der Waals surface area contributed by atoms with E-state index in [0.717, 1.165) is 40.0 Å². The molecule has 1 atom stereocenters. The molecule has 168 valence electrons. The van der Waals surface area contributed by atoms with E-state index in [9.17, 15) is 9.18 Å².